The molecule has 15 rings (SSSR count). The highest BCUT2D eigenvalue weighted by Gasteiger charge is 2.21. The van der Waals surface area contributed by atoms with Crippen LogP contribution in [0, 0.1) is 0 Å². The van der Waals surface area contributed by atoms with Crippen molar-refractivity contribution in [3.8, 4) is 22.7 Å². The number of rotatable bonds is 4. The molecule has 0 amide bonds. The largest absolute Gasteiger partial charge is 0.309 e. The predicted octanol–water partition coefficient (Wildman–Crippen LogP) is 16.4. The van der Waals surface area contributed by atoms with Crippen LogP contribution < -0.4 is 0 Å². The van der Waals surface area contributed by atoms with Crippen molar-refractivity contribution in [2.45, 2.75) is 0 Å². The molecule has 302 valence electrons. The van der Waals surface area contributed by atoms with Crippen LogP contribution in [0.2, 0.25) is 0 Å². The number of hydrogen-bond donors (Lipinski definition) is 0. The zero-order valence-corrected chi connectivity index (χ0v) is 35.8. The van der Waals surface area contributed by atoms with Gasteiger partial charge in [0, 0.05) is 80.3 Å². The predicted molar refractivity (Wildman–Crippen MR) is 277 cm³/mol. The molecule has 0 unspecified atom stereocenters. The first kappa shape index (κ1) is 35.1. The maximum absolute atomic E-state index is 2.46. The third-order valence-corrected chi connectivity index (χ3v) is 15.1. The number of fused-ring (bicyclic) bond motifs is 15. The Labute approximate surface area is 376 Å². The summed E-state index contributed by atoms with van der Waals surface area (Å²) in [4.78, 5) is 0. The molecule has 5 heteroatoms. The second-order valence-corrected chi connectivity index (χ2v) is 18.4. The van der Waals surface area contributed by atoms with Crippen LogP contribution in [0.3, 0.4) is 0 Å². The molecule has 0 aliphatic heterocycles. The molecule has 0 aliphatic rings. The molecule has 0 N–H and O–H groups in total. The summed E-state index contributed by atoms with van der Waals surface area (Å²) >= 11 is 1.88. The summed E-state index contributed by atoms with van der Waals surface area (Å²) in [5.41, 5.74) is 14.4. The standard InChI is InChI=1S/C60H36N4S/c1-7-20-49-40(14-1)41-15-2-8-21-50(41)61(49)37-29-32-55-47(34-37)44-18-5-9-22-51(44)62(55)38-30-33-56-48(35-38)45-19-6-10-23-52(45)63(56)39-28-31-46-59(36-39)65-58-27-13-26-57(60(46)58)64-53-24-11-3-16-42(53)43-17-4-12-25-54(43)64/h1-36H. The fourth-order valence-corrected chi connectivity index (χ4v) is 12.4. The number of hydrogen-bond acceptors (Lipinski definition) is 1. The van der Waals surface area contributed by atoms with Crippen molar-refractivity contribution in [3.63, 3.8) is 0 Å². The lowest BCUT2D eigenvalue weighted by molar-refractivity contribution is 1.16. The van der Waals surface area contributed by atoms with Crippen molar-refractivity contribution >= 4 is 119 Å². The van der Waals surface area contributed by atoms with Crippen LogP contribution in [0.15, 0.2) is 218 Å². The van der Waals surface area contributed by atoms with Crippen LogP contribution in [-0.2, 0) is 0 Å². The average molecular weight is 845 g/mol. The van der Waals surface area contributed by atoms with E-state index in [0.29, 0.717) is 0 Å². The summed E-state index contributed by atoms with van der Waals surface area (Å²) in [6.07, 6.45) is 0. The summed E-state index contributed by atoms with van der Waals surface area (Å²) < 4.78 is 12.3. The Balaban J connectivity index is 0.903. The number of benzene rings is 10. The second-order valence-electron chi connectivity index (χ2n) is 17.3. The first-order valence-corrected chi connectivity index (χ1v) is 23.1. The minimum atomic E-state index is 1.15. The molecular formula is C60H36N4S. The van der Waals surface area contributed by atoms with Crippen LogP contribution >= 0.6 is 11.3 Å². The molecule has 15 aromatic rings. The molecule has 0 spiro atoms. The number of nitrogens with zero attached hydrogens (tertiary/aromatic N) is 4. The summed E-state index contributed by atoms with van der Waals surface area (Å²) in [5.74, 6) is 0. The summed E-state index contributed by atoms with van der Waals surface area (Å²) in [7, 11) is 0. The van der Waals surface area contributed by atoms with E-state index in [1.165, 1.54) is 113 Å². The first-order valence-electron chi connectivity index (χ1n) is 22.3. The van der Waals surface area contributed by atoms with Crippen molar-refractivity contribution in [2.75, 3.05) is 0 Å². The minimum absolute atomic E-state index is 1.15. The molecule has 0 atom stereocenters. The fraction of sp³-hybridized carbons (Fsp3) is 0. The Bertz CT molecular complexity index is 4380. The van der Waals surface area contributed by atoms with E-state index in [4.69, 9.17) is 0 Å². The van der Waals surface area contributed by atoms with Gasteiger partial charge in [-0.15, -0.1) is 11.3 Å². The molecule has 0 saturated heterocycles. The van der Waals surface area contributed by atoms with Gasteiger partial charge in [0.15, 0.2) is 0 Å². The van der Waals surface area contributed by atoms with Crippen LogP contribution in [0.5, 0.6) is 0 Å². The molecule has 5 heterocycles. The second kappa shape index (κ2) is 13.1. The lowest BCUT2D eigenvalue weighted by Crippen LogP contribution is -1.97. The normalized spacial score (nSPS) is 12.3. The number of thiophene rings is 1. The zero-order valence-electron chi connectivity index (χ0n) is 35.0. The van der Waals surface area contributed by atoms with Gasteiger partial charge in [-0.05, 0) is 97.1 Å². The van der Waals surface area contributed by atoms with Crippen LogP contribution in [-0.4, -0.2) is 18.3 Å². The molecule has 0 bridgehead atoms. The summed E-state index contributed by atoms with van der Waals surface area (Å²) in [6.45, 7) is 0. The van der Waals surface area contributed by atoms with E-state index in [2.05, 4.69) is 237 Å². The van der Waals surface area contributed by atoms with Gasteiger partial charge in [-0.2, -0.15) is 0 Å². The molecule has 65 heavy (non-hydrogen) atoms. The quantitative estimate of drug-likeness (QED) is 0.168. The average Bonchev–Trinajstić information content (AvgIpc) is 4.16. The highest BCUT2D eigenvalue weighted by Crippen LogP contribution is 2.44. The SMILES string of the molecule is c1cc(-n2c3ccccc3c3ccccc32)c2c(c1)sc1cc(-n3c4ccccc4c4cc(-n5c6ccccc6c6cc(-n7c8ccccc8c8ccccc87)ccc65)ccc43)ccc12. The van der Waals surface area contributed by atoms with Crippen LogP contribution in [0.4, 0.5) is 0 Å². The highest BCUT2D eigenvalue weighted by atomic mass is 32.1. The Morgan fingerprint density at radius 3 is 1.03 bits per heavy atom. The van der Waals surface area contributed by atoms with Crippen molar-refractivity contribution in [1.29, 1.82) is 0 Å². The topological polar surface area (TPSA) is 19.7 Å². The summed E-state index contributed by atoms with van der Waals surface area (Å²) in [5, 5.41) is 12.6. The van der Waals surface area contributed by atoms with E-state index in [1.54, 1.807) is 0 Å². The number of aromatic nitrogens is 4. The van der Waals surface area contributed by atoms with Crippen molar-refractivity contribution < 1.29 is 0 Å². The lowest BCUT2D eigenvalue weighted by Gasteiger charge is -2.12. The van der Waals surface area contributed by atoms with Gasteiger partial charge < -0.3 is 18.3 Å². The Kier molecular flexibility index (Phi) is 7.07. The Morgan fingerprint density at radius 2 is 0.585 bits per heavy atom. The van der Waals surface area contributed by atoms with E-state index in [0.717, 1.165) is 17.1 Å². The maximum atomic E-state index is 2.46. The zero-order chi connectivity index (χ0) is 42.3. The van der Waals surface area contributed by atoms with E-state index >= 15 is 0 Å². The monoisotopic (exact) mass is 844 g/mol. The fourth-order valence-electron chi connectivity index (χ4n) is 11.3. The van der Waals surface area contributed by atoms with Crippen molar-refractivity contribution in [3.05, 3.63) is 218 Å². The van der Waals surface area contributed by atoms with Gasteiger partial charge in [0.05, 0.1) is 49.8 Å². The van der Waals surface area contributed by atoms with Gasteiger partial charge in [0.25, 0.3) is 0 Å². The third kappa shape index (κ3) is 4.79. The summed E-state index contributed by atoms with van der Waals surface area (Å²) in [6, 6.07) is 80.6. The molecule has 4 nitrogen and oxygen atoms in total. The molecule has 5 aromatic heterocycles. The van der Waals surface area contributed by atoms with Crippen LogP contribution in [0.1, 0.15) is 0 Å². The van der Waals surface area contributed by atoms with Gasteiger partial charge in [-0.25, -0.2) is 0 Å². The molecular weight excluding hydrogens is 809 g/mol. The van der Waals surface area contributed by atoms with Gasteiger partial charge in [0.1, 0.15) is 0 Å². The van der Waals surface area contributed by atoms with Gasteiger partial charge in [0.2, 0.25) is 0 Å². The van der Waals surface area contributed by atoms with E-state index in [-0.39, 0.29) is 0 Å². The number of para-hydroxylation sites is 6. The minimum Gasteiger partial charge on any atom is -0.309 e. The Morgan fingerprint density at radius 1 is 0.231 bits per heavy atom. The molecule has 10 aromatic carbocycles. The first-order chi connectivity index (χ1) is 32.3. The van der Waals surface area contributed by atoms with Crippen LogP contribution in [0.25, 0.3) is 130 Å². The third-order valence-electron chi connectivity index (χ3n) is 13.9. The molecule has 0 saturated carbocycles. The van der Waals surface area contributed by atoms with Crippen molar-refractivity contribution in [1.82, 2.24) is 18.3 Å². The maximum Gasteiger partial charge on any atom is 0.0555 e. The van der Waals surface area contributed by atoms with Gasteiger partial charge in [-0.3, -0.25) is 0 Å². The molecule has 0 aliphatic carbocycles. The van der Waals surface area contributed by atoms with Crippen molar-refractivity contribution in [2.24, 2.45) is 0 Å². The molecule has 0 radical (unpaired) electrons. The lowest BCUT2D eigenvalue weighted by atomic mass is 10.1. The van der Waals surface area contributed by atoms with E-state index in [9.17, 15) is 0 Å². The molecule has 0 fully saturated rings. The van der Waals surface area contributed by atoms with Gasteiger partial charge in [-0.1, -0.05) is 121 Å². The van der Waals surface area contributed by atoms with E-state index < -0.39 is 0 Å². The Hall–Kier alpha value is -8.38. The highest BCUT2D eigenvalue weighted by molar-refractivity contribution is 7.26. The smallest absolute Gasteiger partial charge is 0.0555 e. The van der Waals surface area contributed by atoms with Gasteiger partial charge >= 0.3 is 0 Å². The van der Waals surface area contributed by atoms with E-state index in [1.807, 2.05) is 11.3 Å².